The van der Waals surface area contributed by atoms with Crippen LogP contribution >= 0.6 is 0 Å². The Labute approximate surface area is 289 Å². The van der Waals surface area contributed by atoms with Crippen molar-refractivity contribution >= 4 is 43.0 Å². The molecular weight excluding hydrogens is 685 g/mol. The van der Waals surface area contributed by atoms with E-state index in [0.717, 1.165) is 54.8 Å². The number of benzene rings is 2. The van der Waals surface area contributed by atoms with Gasteiger partial charge in [0.2, 0.25) is 0 Å². The summed E-state index contributed by atoms with van der Waals surface area (Å²) in [6.45, 7) is 17.6. The molecule has 0 aliphatic rings. The minimum Gasteiger partial charge on any atom is -0.494 e. The highest BCUT2D eigenvalue weighted by Gasteiger charge is 2.57. The van der Waals surface area contributed by atoms with Gasteiger partial charge in [-0.05, 0) is 107 Å². The van der Waals surface area contributed by atoms with Gasteiger partial charge in [-0.1, -0.05) is 36.4 Å². The molecule has 268 valence electrons. The highest BCUT2D eigenvalue weighted by molar-refractivity contribution is 6.87. The summed E-state index contributed by atoms with van der Waals surface area (Å²) >= 11 is 0. The van der Waals surface area contributed by atoms with E-state index in [1.54, 1.807) is 21.3 Å². The largest absolute Gasteiger partial charge is 0.661 e. The van der Waals surface area contributed by atoms with Crippen molar-refractivity contribution in [2.24, 2.45) is 0 Å². The second-order valence-corrected chi connectivity index (χ2v) is 31.3. The van der Waals surface area contributed by atoms with E-state index in [1.807, 2.05) is 63.0 Å². The first kappa shape index (κ1) is 42.0. The van der Waals surface area contributed by atoms with E-state index in [9.17, 15) is 0 Å². The summed E-state index contributed by atoms with van der Waals surface area (Å²) in [6, 6.07) is 18.0. The molecule has 0 radical (unpaired) electrons. The van der Waals surface area contributed by atoms with Crippen LogP contribution in [-0.2, 0) is 42.6 Å². The lowest BCUT2D eigenvalue weighted by atomic mass is 10.1. The second kappa shape index (κ2) is 19.3. The maximum absolute atomic E-state index is 9.16. The van der Waals surface area contributed by atoms with Crippen molar-refractivity contribution in [3.63, 3.8) is 0 Å². The Bertz CT molecular complexity index is 1200. The Morgan fingerprint density at radius 2 is 1.09 bits per heavy atom. The number of para-hydroxylation sites is 2. The third kappa shape index (κ3) is 14.7. The molecule has 0 saturated heterocycles. The fourth-order valence-corrected chi connectivity index (χ4v) is 25.7. The summed E-state index contributed by atoms with van der Waals surface area (Å²) in [5.74, 6) is 1.76. The van der Waals surface area contributed by atoms with Crippen LogP contribution in [0, 0.1) is 0 Å². The monoisotopic (exact) mass is 744 g/mol. The van der Waals surface area contributed by atoms with Crippen LogP contribution in [0.5, 0.6) is 11.5 Å². The number of ether oxygens (including phenoxy) is 2. The Kier molecular flexibility index (Phi) is 17.2. The molecule has 1 atom stereocenters. The van der Waals surface area contributed by atoms with Gasteiger partial charge in [-0.25, -0.2) is 0 Å². The van der Waals surface area contributed by atoms with Crippen molar-refractivity contribution in [3.8, 4) is 11.5 Å². The standard InChI is InChI=1S/C32H60O10Si5/c1-12-37-31-23-15-13-19-29(31)21-18-28-44(7,8)40-47(35-3,36-4)42-46(11,34-2)41-45(9,10)39-43(5,6)27-17-22-30-20-14-16-24-32(30)38-26-25-33/h13-16,19-20,23-24,33H,12,17-18,21-22,25-28H2,1-11H3. The highest BCUT2D eigenvalue weighted by atomic mass is 28.5. The molecule has 1 unspecified atom stereocenters. The summed E-state index contributed by atoms with van der Waals surface area (Å²) in [5, 5.41) is 9.16. The first-order chi connectivity index (χ1) is 22.1. The van der Waals surface area contributed by atoms with Crippen LogP contribution < -0.4 is 9.47 Å². The number of aryl methyl sites for hydroxylation is 2. The molecule has 1 N–H and O–H groups in total. The van der Waals surface area contributed by atoms with Crippen LogP contribution in [0.4, 0.5) is 0 Å². The average molecular weight is 745 g/mol. The highest BCUT2D eigenvalue weighted by Crippen LogP contribution is 2.31. The molecular formula is C32H60O10Si5. The average Bonchev–Trinajstić information content (AvgIpc) is 3.00. The summed E-state index contributed by atoms with van der Waals surface area (Å²) in [5.41, 5.74) is 2.33. The Hall–Kier alpha value is -1.20. The van der Waals surface area contributed by atoms with Crippen LogP contribution in [-0.4, -0.2) is 89.3 Å². The van der Waals surface area contributed by atoms with Crippen molar-refractivity contribution in [3.05, 3.63) is 59.7 Å². The van der Waals surface area contributed by atoms with E-state index >= 15 is 0 Å². The lowest BCUT2D eigenvalue weighted by Gasteiger charge is -2.41. The smallest absolute Gasteiger partial charge is 0.494 e. The molecule has 2 rings (SSSR count). The van der Waals surface area contributed by atoms with E-state index < -0.39 is 43.0 Å². The normalized spacial score (nSPS) is 14.2. The summed E-state index contributed by atoms with van der Waals surface area (Å²) < 4.78 is 56.1. The molecule has 0 saturated carbocycles. The molecule has 0 aliphatic carbocycles. The van der Waals surface area contributed by atoms with Gasteiger partial charge in [0.25, 0.3) is 0 Å². The predicted octanol–water partition coefficient (Wildman–Crippen LogP) is 7.14. The maximum atomic E-state index is 9.16. The zero-order valence-electron chi connectivity index (χ0n) is 30.6. The number of hydrogen-bond donors (Lipinski definition) is 1. The first-order valence-corrected chi connectivity index (χ1v) is 29.5. The molecule has 2 aromatic carbocycles. The molecule has 15 heteroatoms. The van der Waals surface area contributed by atoms with Crippen LogP contribution in [0.2, 0.25) is 57.9 Å². The second-order valence-electron chi connectivity index (χ2n) is 13.2. The zero-order chi connectivity index (χ0) is 35.2. The summed E-state index contributed by atoms with van der Waals surface area (Å²) in [7, 11) is -9.40. The Morgan fingerprint density at radius 3 is 1.55 bits per heavy atom. The predicted molar refractivity (Wildman–Crippen MR) is 198 cm³/mol. The van der Waals surface area contributed by atoms with E-state index in [2.05, 4.69) is 38.3 Å². The van der Waals surface area contributed by atoms with Gasteiger partial charge >= 0.3 is 26.4 Å². The van der Waals surface area contributed by atoms with Crippen LogP contribution in [0.25, 0.3) is 0 Å². The van der Waals surface area contributed by atoms with E-state index in [4.69, 9.17) is 44.3 Å². The fourth-order valence-electron chi connectivity index (χ4n) is 5.60. The van der Waals surface area contributed by atoms with E-state index in [-0.39, 0.29) is 13.2 Å². The van der Waals surface area contributed by atoms with Gasteiger partial charge in [0.05, 0.1) is 13.2 Å². The Morgan fingerprint density at radius 1 is 0.596 bits per heavy atom. The molecule has 47 heavy (non-hydrogen) atoms. The van der Waals surface area contributed by atoms with Gasteiger partial charge in [0, 0.05) is 27.9 Å². The van der Waals surface area contributed by atoms with Crippen molar-refractivity contribution in [2.75, 3.05) is 41.2 Å². The minimum atomic E-state index is -3.62. The maximum Gasteiger partial charge on any atom is 0.661 e. The first-order valence-electron chi connectivity index (χ1n) is 16.5. The lowest BCUT2D eigenvalue weighted by molar-refractivity contribution is 0.0441. The van der Waals surface area contributed by atoms with Crippen molar-refractivity contribution in [2.45, 2.75) is 90.5 Å². The molecule has 0 heterocycles. The number of hydrogen-bond acceptors (Lipinski definition) is 10. The number of rotatable bonds is 24. The third-order valence-electron chi connectivity index (χ3n) is 7.58. The van der Waals surface area contributed by atoms with Crippen LogP contribution in [0.15, 0.2) is 48.5 Å². The molecule has 0 bridgehead atoms. The molecule has 0 aliphatic heterocycles. The van der Waals surface area contributed by atoms with Gasteiger partial charge < -0.3 is 44.3 Å². The molecule has 0 aromatic heterocycles. The SMILES string of the molecule is CCOc1ccccc1CCC[Si](C)(C)O[Si](OC)(OC)O[Si](C)(OC)O[Si](C)(C)O[Si](C)(C)CCCc1ccccc1OCCO. The number of aliphatic hydroxyl groups is 1. The van der Waals surface area contributed by atoms with Crippen molar-refractivity contribution in [1.29, 1.82) is 0 Å². The van der Waals surface area contributed by atoms with Crippen LogP contribution in [0.3, 0.4) is 0 Å². The van der Waals surface area contributed by atoms with E-state index in [1.165, 1.54) is 5.56 Å². The zero-order valence-corrected chi connectivity index (χ0v) is 35.6. The van der Waals surface area contributed by atoms with Crippen molar-refractivity contribution in [1.82, 2.24) is 0 Å². The molecule has 10 nitrogen and oxygen atoms in total. The topological polar surface area (TPSA) is 103 Å². The minimum absolute atomic E-state index is 0.00964. The lowest BCUT2D eigenvalue weighted by Crippen LogP contribution is -2.64. The summed E-state index contributed by atoms with van der Waals surface area (Å²) in [4.78, 5) is 0. The fraction of sp³-hybridized carbons (Fsp3) is 0.625. The summed E-state index contributed by atoms with van der Waals surface area (Å²) in [6.07, 6.45) is 3.64. The van der Waals surface area contributed by atoms with Gasteiger partial charge in [-0.2, -0.15) is 0 Å². The van der Waals surface area contributed by atoms with Gasteiger partial charge in [0.1, 0.15) is 18.1 Å². The van der Waals surface area contributed by atoms with Gasteiger partial charge in [0.15, 0.2) is 16.6 Å². The van der Waals surface area contributed by atoms with Crippen LogP contribution in [0.1, 0.15) is 30.9 Å². The molecule has 0 spiro atoms. The van der Waals surface area contributed by atoms with Crippen molar-refractivity contribution < 1.29 is 44.3 Å². The van der Waals surface area contributed by atoms with E-state index in [0.29, 0.717) is 6.61 Å². The Balaban J connectivity index is 2.03. The quantitative estimate of drug-likeness (QED) is 0.112. The van der Waals surface area contributed by atoms with Gasteiger partial charge in [-0.15, -0.1) is 0 Å². The molecule has 0 amide bonds. The third-order valence-corrected chi connectivity index (χ3v) is 25.8. The molecule has 2 aromatic rings. The number of aliphatic hydroxyl groups excluding tert-OH is 1. The molecule has 0 fully saturated rings. The van der Waals surface area contributed by atoms with Gasteiger partial charge in [-0.3, -0.25) is 0 Å².